The number of amides is 1. The maximum atomic E-state index is 12.0. The normalized spacial score (nSPS) is 10.2. The number of methoxy groups -OCH3 is 1. The van der Waals surface area contributed by atoms with Crippen LogP contribution >= 0.6 is 23.2 Å². The maximum absolute atomic E-state index is 12.0. The van der Waals surface area contributed by atoms with Crippen LogP contribution in [-0.2, 0) is 11.2 Å². The summed E-state index contributed by atoms with van der Waals surface area (Å²) in [7, 11) is 1.54. The number of anilines is 1. The van der Waals surface area contributed by atoms with Crippen LogP contribution in [0.2, 0.25) is 10.0 Å². The number of hydrogen-bond donors (Lipinski definition) is 1. The van der Waals surface area contributed by atoms with Crippen molar-refractivity contribution in [2.24, 2.45) is 0 Å². The number of carbonyl (C=O) groups is 1. The molecule has 0 unspecified atom stereocenters. The zero-order chi connectivity index (χ0) is 15.2. The van der Waals surface area contributed by atoms with Crippen LogP contribution in [-0.4, -0.2) is 13.0 Å². The predicted octanol–water partition coefficient (Wildman–Crippen LogP) is 4.57. The quantitative estimate of drug-likeness (QED) is 0.875. The third kappa shape index (κ3) is 4.38. The number of rotatable bonds is 5. The molecule has 2 aromatic rings. The number of aryl methyl sites for hydroxylation is 1. The SMILES string of the molecule is COc1ccc(Cl)cc1NC(=O)CCc1ccccc1Cl. The third-order valence-corrected chi connectivity index (χ3v) is 3.62. The van der Waals surface area contributed by atoms with E-state index in [4.69, 9.17) is 27.9 Å². The van der Waals surface area contributed by atoms with Gasteiger partial charge in [0.15, 0.2) is 0 Å². The summed E-state index contributed by atoms with van der Waals surface area (Å²) < 4.78 is 5.19. The first-order valence-corrected chi connectivity index (χ1v) is 7.22. The first-order chi connectivity index (χ1) is 10.1. The van der Waals surface area contributed by atoms with Gasteiger partial charge in [-0.1, -0.05) is 41.4 Å². The molecule has 0 saturated heterocycles. The van der Waals surface area contributed by atoms with Crippen LogP contribution in [0.4, 0.5) is 5.69 Å². The molecular formula is C16H15Cl2NO2. The monoisotopic (exact) mass is 323 g/mol. The lowest BCUT2D eigenvalue weighted by Crippen LogP contribution is -2.13. The smallest absolute Gasteiger partial charge is 0.224 e. The lowest BCUT2D eigenvalue weighted by molar-refractivity contribution is -0.116. The molecule has 0 fully saturated rings. The van der Waals surface area contributed by atoms with Gasteiger partial charge in [-0.15, -0.1) is 0 Å². The van der Waals surface area contributed by atoms with Gasteiger partial charge >= 0.3 is 0 Å². The highest BCUT2D eigenvalue weighted by atomic mass is 35.5. The highest BCUT2D eigenvalue weighted by Gasteiger charge is 2.09. The van der Waals surface area contributed by atoms with Crippen molar-refractivity contribution in [1.82, 2.24) is 0 Å². The van der Waals surface area contributed by atoms with Gasteiger partial charge in [-0.05, 0) is 36.2 Å². The largest absolute Gasteiger partial charge is 0.495 e. The predicted molar refractivity (Wildman–Crippen MR) is 86.4 cm³/mol. The van der Waals surface area contributed by atoms with Gasteiger partial charge in [0.2, 0.25) is 5.91 Å². The molecule has 0 saturated carbocycles. The molecule has 21 heavy (non-hydrogen) atoms. The molecule has 0 radical (unpaired) electrons. The van der Waals surface area contributed by atoms with Gasteiger partial charge < -0.3 is 10.1 Å². The van der Waals surface area contributed by atoms with Gasteiger partial charge in [0.05, 0.1) is 12.8 Å². The number of nitrogens with one attached hydrogen (secondary N) is 1. The molecular weight excluding hydrogens is 309 g/mol. The Morgan fingerprint density at radius 1 is 1.19 bits per heavy atom. The summed E-state index contributed by atoms with van der Waals surface area (Å²) in [6.45, 7) is 0. The molecule has 2 aromatic carbocycles. The third-order valence-electron chi connectivity index (χ3n) is 3.01. The number of benzene rings is 2. The standard InChI is InChI=1S/C16H15Cl2NO2/c1-21-15-8-7-12(17)10-14(15)19-16(20)9-6-11-4-2-3-5-13(11)18/h2-5,7-8,10H,6,9H2,1H3,(H,19,20). The molecule has 0 heterocycles. The summed E-state index contributed by atoms with van der Waals surface area (Å²) in [6, 6.07) is 12.6. The first kappa shape index (κ1) is 15.7. The van der Waals surface area contributed by atoms with Gasteiger partial charge in [-0.3, -0.25) is 4.79 Å². The van der Waals surface area contributed by atoms with Crippen molar-refractivity contribution in [2.45, 2.75) is 12.8 Å². The second kappa shape index (κ2) is 7.34. The van der Waals surface area contributed by atoms with E-state index in [0.29, 0.717) is 34.3 Å². The van der Waals surface area contributed by atoms with Crippen LogP contribution in [0.15, 0.2) is 42.5 Å². The molecule has 3 nitrogen and oxygen atoms in total. The molecule has 2 rings (SSSR count). The zero-order valence-corrected chi connectivity index (χ0v) is 13.0. The van der Waals surface area contributed by atoms with Crippen molar-refractivity contribution in [1.29, 1.82) is 0 Å². The minimum atomic E-state index is -0.115. The van der Waals surface area contributed by atoms with Crippen LogP contribution in [0, 0.1) is 0 Å². The molecule has 1 amide bonds. The zero-order valence-electron chi connectivity index (χ0n) is 11.5. The molecule has 110 valence electrons. The average molecular weight is 324 g/mol. The Bertz CT molecular complexity index is 644. The van der Waals surface area contributed by atoms with E-state index in [0.717, 1.165) is 5.56 Å². The Hall–Kier alpha value is -1.71. The lowest BCUT2D eigenvalue weighted by Gasteiger charge is -2.10. The summed E-state index contributed by atoms with van der Waals surface area (Å²) in [4.78, 5) is 12.0. The van der Waals surface area contributed by atoms with Crippen LogP contribution < -0.4 is 10.1 Å². The van der Waals surface area contributed by atoms with E-state index in [9.17, 15) is 4.79 Å². The Morgan fingerprint density at radius 2 is 1.95 bits per heavy atom. The number of ether oxygens (including phenoxy) is 1. The summed E-state index contributed by atoms with van der Waals surface area (Å²) in [5, 5.41) is 4.01. The minimum absolute atomic E-state index is 0.115. The van der Waals surface area contributed by atoms with Crippen LogP contribution in [0.25, 0.3) is 0 Å². The highest BCUT2D eigenvalue weighted by molar-refractivity contribution is 6.31. The molecule has 0 atom stereocenters. The van der Waals surface area contributed by atoms with Gasteiger partial charge in [-0.25, -0.2) is 0 Å². The average Bonchev–Trinajstić information content (AvgIpc) is 2.47. The van der Waals surface area contributed by atoms with Crippen LogP contribution in [0.5, 0.6) is 5.75 Å². The van der Waals surface area contributed by atoms with Crippen molar-refractivity contribution in [2.75, 3.05) is 12.4 Å². The molecule has 0 aliphatic rings. The topological polar surface area (TPSA) is 38.3 Å². The van der Waals surface area contributed by atoms with Crippen LogP contribution in [0.1, 0.15) is 12.0 Å². The highest BCUT2D eigenvalue weighted by Crippen LogP contribution is 2.28. The van der Waals surface area contributed by atoms with E-state index in [2.05, 4.69) is 5.32 Å². The Balaban J connectivity index is 1.99. The molecule has 5 heteroatoms. The van der Waals surface area contributed by atoms with E-state index in [1.807, 2.05) is 24.3 Å². The molecule has 0 bridgehead atoms. The molecule has 0 aromatic heterocycles. The van der Waals surface area contributed by atoms with Crippen molar-refractivity contribution < 1.29 is 9.53 Å². The number of halogens is 2. The van der Waals surface area contributed by atoms with Gasteiger partial charge in [-0.2, -0.15) is 0 Å². The van der Waals surface area contributed by atoms with E-state index in [1.165, 1.54) is 0 Å². The van der Waals surface area contributed by atoms with Crippen molar-refractivity contribution in [3.8, 4) is 5.75 Å². The Labute approximate surface area is 133 Å². The van der Waals surface area contributed by atoms with E-state index in [1.54, 1.807) is 25.3 Å². The molecule has 0 aliphatic heterocycles. The summed E-state index contributed by atoms with van der Waals surface area (Å²) in [5.74, 6) is 0.459. The summed E-state index contributed by atoms with van der Waals surface area (Å²) in [5.41, 5.74) is 1.52. The molecule has 0 spiro atoms. The second-order valence-electron chi connectivity index (χ2n) is 4.48. The number of hydrogen-bond acceptors (Lipinski definition) is 2. The second-order valence-corrected chi connectivity index (χ2v) is 5.33. The fourth-order valence-corrected chi connectivity index (χ4v) is 2.34. The van der Waals surface area contributed by atoms with E-state index >= 15 is 0 Å². The Morgan fingerprint density at radius 3 is 2.67 bits per heavy atom. The first-order valence-electron chi connectivity index (χ1n) is 6.47. The molecule has 1 N–H and O–H groups in total. The lowest BCUT2D eigenvalue weighted by atomic mass is 10.1. The molecule has 0 aliphatic carbocycles. The summed E-state index contributed by atoms with van der Waals surface area (Å²) >= 11 is 12.0. The Kier molecular flexibility index (Phi) is 5.48. The maximum Gasteiger partial charge on any atom is 0.224 e. The van der Waals surface area contributed by atoms with Crippen LogP contribution in [0.3, 0.4) is 0 Å². The van der Waals surface area contributed by atoms with Gasteiger partial charge in [0.25, 0.3) is 0 Å². The minimum Gasteiger partial charge on any atom is -0.495 e. The van der Waals surface area contributed by atoms with Gasteiger partial charge in [0.1, 0.15) is 5.75 Å². The van der Waals surface area contributed by atoms with Crippen molar-refractivity contribution in [3.05, 3.63) is 58.1 Å². The summed E-state index contributed by atoms with van der Waals surface area (Å²) in [6.07, 6.45) is 0.911. The van der Waals surface area contributed by atoms with E-state index in [-0.39, 0.29) is 5.91 Å². The van der Waals surface area contributed by atoms with E-state index < -0.39 is 0 Å². The van der Waals surface area contributed by atoms with Gasteiger partial charge in [0, 0.05) is 16.5 Å². The fourth-order valence-electron chi connectivity index (χ4n) is 1.94. The van der Waals surface area contributed by atoms with Crippen molar-refractivity contribution in [3.63, 3.8) is 0 Å². The van der Waals surface area contributed by atoms with Crippen molar-refractivity contribution >= 4 is 34.8 Å². The fraction of sp³-hybridized carbons (Fsp3) is 0.188. The number of carbonyl (C=O) groups excluding carboxylic acids is 1.